The van der Waals surface area contributed by atoms with Gasteiger partial charge < -0.3 is 5.32 Å². The van der Waals surface area contributed by atoms with Gasteiger partial charge in [0.25, 0.3) is 10.2 Å². The zero-order chi connectivity index (χ0) is 15.7. The van der Waals surface area contributed by atoms with Crippen LogP contribution in [-0.4, -0.2) is 62.5 Å². The molecule has 1 aliphatic carbocycles. The van der Waals surface area contributed by atoms with Crippen LogP contribution in [0.3, 0.4) is 0 Å². The predicted molar refractivity (Wildman–Crippen MR) is 72.9 cm³/mol. The summed E-state index contributed by atoms with van der Waals surface area (Å²) in [7, 11) is -3.05. The molecule has 1 aliphatic heterocycles. The smallest absolute Gasteiger partial charge is 0.314 e. The summed E-state index contributed by atoms with van der Waals surface area (Å²) in [6.45, 7) is -0.120. The van der Waals surface area contributed by atoms with Gasteiger partial charge in [0, 0.05) is 26.2 Å². The monoisotopic (exact) mass is 329 g/mol. The minimum absolute atomic E-state index is 0.174. The van der Waals surface area contributed by atoms with E-state index in [0.29, 0.717) is 29.9 Å². The van der Waals surface area contributed by atoms with Gasteiger partial charge >= 0.3 is 6.18 Å². The molecule has 1 heterocycles. The van der Waals surface area contributed by atoms with Crippen LogP contribution in [0.4, 0.5) is 13.2 Å². The molecule has 1 atom stereocenters. The molecular weight excluding hydrogens is 307 g/mol. The first kappa shape index (κ1) is 17.0. The van der Waals surface area contributed by atoms with Crippen LogP contribution in [0.25, 0.3) is 0 Å². The fraction of sp³-hybridized carbons (Fsp3) is 1.00. The van der Waals surface area contributed by atoms with Gasteiger partial charge in [-0.25, -0.2) is 0 Å². The van der Waals surface area contributed by atoms with Gasteiger partial charge in [0.2, 0.25) is 0 Å². The van der Waals surface area contributed by atoms with Crippen molar-refractivity contribution in [3.8, 4) is 0 Å². The third-order valence-corrected chi connectivity index (χ3v) is 5.78. The molecule has 0 bridgehead atoms. The number of alkyl halides is 3. The molecule has 9 heteroatoms. The van der Waals surface area contributed by atoms with E-state index in [4.69, 9.17) is 0 Å². The maximum atomic E-state index is 12.4. The van der Waals surface area contributed by atoms with Crippen molar-refractivity contribution in [3.05, 3.63) is 0 Å². The molecule has 1 unspecified atom stereocenters. The zero-order valence-corrected chi connectivity index (χ0v) is 12.9. The lowest BCUT2D eigenvalue weighted by Gasteiger charge is -2.34. The lowest BCUT2D eigenvalue weighted by molar-refractivity contribution is -0.134. The van der Waals surface area contributed by atoms with Crippen molar-refractivity contribution in [2.24, 2.45) is 5.92 Å². The number of rotatable bonds is 6. The summed E-state index contributed by atoms with van der Waals surface area (Å²) >= 11 is 0. The van der Waals surface area contributed by atoms with Gasteiger partial charge in [-0.1, -0.05) is 0 Å². The summed E-state index contributed by atoms with van der Waals surface area (Å²) in [6, 6.07) is 0.546. The largest absolute Gasteiger partial charge is 0.402 e. The molecule has 2 fully saturated rings. The van der Waals surface area contributed by atoms with Crippen LogP contribution in [0.5, 0.6) is 0 Å². The minimum Gasteiger partial charge on any atom is -0.314 e. The van der Waals surface area contributed by atoms with E-state index in [2.05, 4.69) is 5.32 Å². The van der Waals surface area contributed by atoms with Crippen molar-refractivity contribution < 1.29 is 21.6 Å². The third-order valence-electron chi connectivity index (χ3n) is 3.88. The Kier molecular flexibility index (Phi) is 5.17. The molecule has 2 aliphatic rings. The Morgan fingerprint density at radius 2 is 1.95 bits per heavy atom. The second-order valence-electron chi connectivity index (χ2n) is 5.93. The Hall–Kier alpha value is -0.380. The Morgan fingerprint density at radius 3 is 2.52 bits per heavy atom. The molecule has 5 nitrogen and oxygen atoms in total. The molecule has 0 amide bonds. The van der Waals surface area contributed by atoms with Gasteiger partial charge in [-0.05, 0) is 38.1 Å². The maximum absolute atomic E-state index is 12.4. The standard InChI is InChI=1S/C12H22F3N3O2S/c1-17(9-12(13,14)15)21(19,20)18-6-2-3-10(8-18)7-16-11-4-5-11/h10-11,16H,2-9H2,1H3. The second-order valence-corrected chi connectivity index (χ2v) is 7.96. The van der Waals surface area contributed by atoms with Crippen LogP contribution in [-0.2, 0) is 10.2 Å². The second kappa shape index (κ2) is 6.39. The van der Waals surface area contributed by atoms with Gasteiger partial charge in [-0.2, -0.15) is 30.2 Å². The SMILES string of the molecule is CN(CC(F)(F)F)S(=O)(=O)N1CCCC(CNC2CC2)C1. The van der Waals surface area contributed by atoms with Gasteiger partial charge in [-0.15, -0.1) is 0 Å². The van der Waals surface area contributed by atoms with E-state index in [9.17, 15) is 21.6 Å². The van der Waals surface area contributed by atoms with Crippen LogP contribution < -0.4 is 5.32 Å². The van der Waals surface area contributed by atoms with E-state index >= 15 is 0 Å². The Bertz CT molecular complexity index is 451. The van der Waals surface area contributed by atoms with Crippen LogP contribution in [0.15, 0.2) is 0 Å². The van der Waals surface area contributed by atoms with E-state index in [-0.39, 0.29) is 5.92 Å². The number of nitrogens with zero attached hydrogens (tertiary/aromatic N) is 2. The molecule has 0 aromatic heterocycles. The Balaban J connectivity index is 1.91. The van der Waals surface area contributed by atoms with Crippen molar-refractivity contribution in [2.75, 3.05) is 33.2 Å². The zero-order valence-electron chi connectivity index (χ0n) is 12.1. The number of nitrogens with one attached hydrogen (secondary N) is 1. The average molecular weight is 329 g/mol. The van der Waals surface area contributed by atoms with Crippen molar-refractivity contribution in [1.29, 1.82) is 0 Å². The summed E-state index contributed by atoms with van der Waals surface area (Å²) in [5, 5.41) is 3.35. The van der Waals surface area contributed by atoms with Crippen molar-refractivity contribution in [1.82, 2.24) is 13.9 Å². The van der Waals surface area contributed by atoms with Crippen molar-refractivity contribution >= 4 is 10.2 Å². The number of piperidine rings is 1. The molecule has 0 radical (unpaired) electrons. The number of halogens is 3. The Labute approximate surface area is 123 Å². The first-order valence-electron chi connectivity index (χ1n) is 7.20. The first-order chi connectivity index (χ1) is 9.68. The summed E-state index contributed by atoms with van der Waals surface area (Å²) in [5.41, 5.74) is 0. The minimum atomic E-state index is -4.52. The molecule has 21 heavy (non-hydrogen) atoms. The highest BCUT2D eigenvalue weighted by atomic mass is 32.2. The Morgan fingerprint density at radius 1 is 1.29 bits per heavy atom. The maximum Gasteiger partial charge on any atom is 0.402 e. The van der Waals surface area contributed by atoms with Crippen LogP contribution in [0, 0.1) is 5.92 Å². The van der Waals surface area contributed by atoms with Gasteiger partial charge in [0.05, 0.1) is 0 Å². The summed E-state index contributed by atoms with van der Waals surface area (Å²) in [4.78, 5) is 0. The average Bonchev–Trinajstić information content (AvgIpc) is 3.18. The van der Waals surface area contributed by atoms with E-state index in [1.54, 1.807) is 0 Å². The van der Waals surface area contributed by atoms with Gasteiger partial charge in [0.15, 0.2) is 0 Å². The van der Waals surface area contributed by atoms with E-state index in [1.807, 2.05) is 0 Å². The fourth-order valence-corrected chi connectivity index (χ4v) is 4.02. The highest BCUT2D eigenvalue weighted by molar-refractivity contribution is 7.86. The predicted octanol–water partition coefficient (Wildman–Crippen LogP) is 1.19. The van der Waals surface area contributed by atoms with E-state index in [1.165, 1.54) is 4.31 Å². The summed E-state index contributed by atoms with van der Waals surface area (Å²) < 4.78 is 63.0. The molecule has 1 saturated heterocycles. The van der Waals surface area contributed by atoms with E-state index < -0.39 is 22.9 Å². The van der Waals surface area contributed by atoms with Crippen LogP contribution in [0.1, 0.15) is 25.7 Å². The normalized spacial score (nSPS) is 25.5. The topological polar surface area (TPSA) is 52.7 Å². The van der Waals surface area contributed by atoms with Crippen molar-refractivity contribution in [3.63, 3.8) is 0 Å². The molecule has 1 N–H and O–H groups in total. The van der Waals surface area contributed by atoms with Gasteiger partial charge in [-0.3, -0.25) is 0 Å². The molecular formula is C12H22F3N3O2S. The van der Waals surface area contributed by atoms with Crippen molar-refractivity contribution in [2.45, 2.75) is 37.9 Å². The summed E-state index contributed by atoms with van der Waals surface area (Å²) in [6.07, 6.45) is -0.610. The lowest BCUT2D eigenvalue weighted by Crippen LogP contribution is -2.50. The molecule has 0 aromatic rings. The fourth-order valence-electron chi connectivity index (χ4n) is 2.55. The van der Waals surface area contributed by atoms with Crippen LogP contribution in [0.2, 0.25) is 0 Å². The van der Waals surface area contributed by atoms with Crippen LogP contribution >= 0.6 is 0 Å². The molecule has 124 valence electrons. The molecule has 2 rings (SSSR count). The molecule has 1 saturated carbocycles. The number of hydrogen-bond donors (Lipinski definition) is 1. The highest BCUT2D eigenvalue weighted by Crippen LogP contribution is 2.24. The first-order valence-corrected chi connectivity index (χ1v) is 8.60. The lowest BCUT2D eigenvalue weighted by atomic mass is 10.00. The third kappa shape index (κ3) is 5.08. The highest BCUT2D eigenvalue weighted by Gasteiger charge is 2.38. The quantitative estimate of drug-likeness (QED) is 0.796. The number of hydrogen-bond acceptors (Lipinski definition) is 3. The molecule has 0 aromatic carbocycles. The van der Waals surface area contributed by atoms with Gasteiger partial charge in [0.1, 0.15) is 6.54 Å². The van der Waals surface area contributed by atoms with E-state index in [0.717, 1.165) is 32.9 Å². The molecule has 0 spiro atoms. The summed E-state index contributed by atoms with van der Waals surface area (Å²) in [5.74, 6) is 0.174.